The Hall–Kier alpha value is -1.33. The maximum absolute atomic E-state index is 5.83. The van der Waals surface area contributed by atoms with Crippen molar-refractivity contribution in [2.45, 2.75) is 32.4 Å². The number of rotatable bonds is 3. The number of aromatic amines is 1. The lowest BCUT2D eigenvalue weighted by Gasteiger charge is -2.18. The number of fused-ring (bicyclic) bond motifs is 1. The molecule has 4 nitrogen and oxygen atoms in total. The van der Waals surface area contributed by atoms with Gasteiger partial charge in [0, 0.05) is 33.9 Å². The predicted molar refractivity (Wildman–Crippen MR) is 81.8 cm³/mol. The topological polar surface area (TPSA) is 49.9 Å². The van der Waals surface area contributed by atoms with Gasteiger partial charge in [-0.2, -0.15) is 5.10 Å². The van der Waals surface area contributed by atoms with E-state index >= 15 is 0 Å². The van der Waals surface area contributed by atoms with Gasteiger partial charge < -0.3 is 10.1 Å². The van der Waals surface area contributed by atoms with Crippen LogP contribution in [-0.4, -0.2) is 16.8 Å². The van der Waals surface area contributed by atoms with Crippen molar-refractivity contribution in [2.24, 2.45) is 0 Å². The molecule has 2 N–H and O–H groups in total. The lowest BCUT2D eigenvalue weighted by atomic mass is 10.0. The molecule has 0 bridgehead atoms. The molecule has 1 aromatic carbocycles. The predicted octanol–water partition coefficient (Wildman–Crippen LogP) is 3.48. The molecular formula is C15H18BrN3O. The second-order valence-electron chi connectivity index (χ2n) is 5.13. The zero-order valence-electron chi connectivity index (χ0n) is 11.4. The van der Waals surface area contributed by atoms with E-state index in [0.717, 1.165) is 41.9 Å². The van der Waals surface area contributed by atoms with E-state index in [1.165, 1.54) is 11.1 Å². The Morgan fingerprint density at radius 3 is 3.20 bits per heavy atom. The van der Waals surface area contributed by atoms with Gasteiger partial charge in [-0.1, -0.05) is 22.0 Å². The zero-order chi connectivity index (χ0) is 13.9. The van der Waals surface area contributed by atoms with E-state index in [2.05, 4.69) is 49.6 Å². The Morgan fingerprint density at radius 2 is 2.40 bits per heavy atom. The van der Waals surface area contributed by atoms with Crippen LogP contribution in [0.4, 0.5) is 0 Å². The molecule has 2 heterocycles. The highest BCUT2D eigenvalue weighted by Crippen LogP contribution is 2.33. The van der Waals surface area contributed by atoms with Gasteiger partial charge in [0.15, 0.2) is 0 Å². The van der Waals surface area contributed by atoms with Gasteiger partial charge in [-0.05, 0) is 31.9 Å². The minimum Gasteiger partial charge on any atom is -0.493 e. The summed E-state index contributed by atoms with van der Waals surface area (Å²) in [5.74, 6) is 0.985. The molecule has 1 aliphatic heterocycles. The monoisotopic (exact) mass is 335 g/mol. The highest BCUT2D eigenvalue weighted by molar-refractivity contribution is 9.10. The molecule has 106 valence electrons. The molecule has 2 aromatic rings. The number of hydrogen-bond acceptors (Lipinski definition) is 3. The second-order valence-corrected chi connectivity index (χ2v) is 6.04. The highest BCUT2D eigenvalue weighted by atomic mass is 79.9. The van der Waals surface area contributed by atoms with E-state index in [-0.39, 0.29) is 0 Å². The molecule has 0 radical (unpaired) electrons. The first-order chi connectivity index (χ1) is 9.74. The summed E-state index contributed by atoms with van der Waals surface area (Å²) in [7, 11) is 0. The summed E-state index contributed by atoms with van der Waals surface area (Å²) < 4.78 is 6.89. The number of nitrogens with one attached hydrogen (secondary N) is 2. The molecular weight excluding hydrogens is 318 g/mol. The fourth-order valence-corrected chi connectivity index (χ4v) is 2.89. The Labute approximate surface area is 127 Å². The lowest BCUT2D eigenvalue weighted by Crippen LogP contribution is -2.20. The van der Waals surface area contributed by atoms with Gasteiger partial charge >= 0.3 is 0 Å². The van der Waals surface area contributed by atoms with Crippen LogP contribution in [0.2, 0.25) is 0 Å². The summed E-state index contributed by atoms with van der Waals surface area (Å²) in [6.45, 7) is 3.65. The SMILES string of the molecule is Cc1[nH]ncc1CNC1CCCOc2cc(Br)ccc21. The minimum absolute atomic E-state index is 0.329. The van der Waals surface area contributed by atoms with E-state index in [1.54, 1.807) is 0 Å². The van der Waals surface area contributed by atoms with Crippen molar-refractivity contribution >= 4 is 15.9 Å². The van der Waals surface area contributed by atoms with E-state index in [4.69, 9.17) is 4.74 Å². The van der Waals surface area contributed by atoms with Crippen LogP contribution in [0, 0.1) is 6.92 Å². The smallest absolute Gasteiger partial charge is 0.125 e. The number of H-pyrrole nitrogens is 1. The fourth-order valence-electron chi connectivity index (χ4n) is 2.55. The molecule has 5 heteroatoms. The Morgan fingerprint density at radius 1 is 1.50 bits per heavy atom. The van der Waals surface area contributed by atoms with Gasteiger partial charge in [0.05, 0.1) is 12.8 Å². The summed E-state index contributed by atoms with van der Waals surface area (Å²) >= 11 is 3.50. The minimum atomic E-state index is 0.329. The number of nitrogens with zero attached hydrogens (tertiary/aromatic N) is 1. The standard InChI is InChI=1S/C15H18BrN3O/c1-10-11(9-18-19-10)8-17-14-3-2-6-20-15-7-12(16)4-5-13(14)15/h4-5,7,9,14,17H,2-3,6,8H2,1H3,(H,18,19). The largest absolute Gasteiger partial charge is 0.493 e. The Bertz CT molecular complexity index is 597. The summed E-state index contributed by atoms with van der Waals surface area (Å²) in [6, 6.07) is 6.60. The zero-order valence-corrected chi connectivity index (χ0v) is 13.0. The quantitative estimate of drug-likeness (QED) is 0.902. The Balaban J connectivity index is 1.78. The summed E-state index contributed by atoms with van der Waals surface area (Å²) in [6.07, 6.45) is 4.04. The van der Waals surface area contributed by atoms with Crippen molar-refractivity contribution in [1.29, 1.82) is 0 Å². The molecule has 1 atom stereocenters. The number of aryl methyl sites for hydroxylation is 1. The van der Waals surface area contributed by atoms with Gasteiger partial charge in [0.1, 0.15) is 5.75 Å². The van der Waals surface area contributed by atoms with Crippen LogP contribution in [0.3, 0.4) is 0 Å². The van der Waals surface area contributed by atoms with Gasteiger partial charge in [0.25, 0.3) is 0 Å². The number of hydrogen-bond donors (Lipinski definition) is 2. The molecule has 0 amide bonds. The average Bonchev–Trinajstić information content (AvgIpc) is 2.73. The van der Waals surface area contributed by atoms with Crippen molar-refractivity contribution in [2.75, 3.05) is 6.61 Å². The van der Waals surface area contributed by atoms with Crippen molar-refractivity contribution in [1.82, 2.24) is 15.5 Å². The number of benzene rings is 1. The summed E-state index contributed by atoms with van der Waals surface area (Å²) in [5.41, 5.74) is 3.58. The van der Waals surface area contributed by atoms with E-state index < -0.39 is 0 Å². The first kappa shape index (κ1) is 13.6. The van der Waals surface area contributed by atoms with E-state index in [9.17, 15) is 0 Å². The maximum atomic E-state index is 5.83. The molecule has 0 fully saturated rings. The molecule has 3 rings (SSSR count). The average molecular weight is 336 g/mol. The van der Waals surface area contributed by atoms with E-state index in [0.29, 0.717) is 6.04 Å². The summed E-state index contributed by atoms with van der Waals surface area (Å²) in [4.78, 5) is 0. The fraction of sp³-hybridized carbons (Fsp3) is 0.400. The van der Waals surface area contributed by atoms with Crippen LogP contribution in [0.1, 0.15) is 35.7 Å². The maximum Gasteiger partial charge on any atom is 0.125 e. The molecule has 1 aliphatic rings. The first-order valence-corrected chi connectivity index (χ1v) is 7.68. The van der Waals surface area contributed by atoms with Crippen LogP contribution < -0.4 is 10.1 Å². The third-order valence-electron chi connectivity index (χ3n) is 3.72. The third-order valence-corrected chi connectivity index (χ3v) is 4.21. The van der Waals surface area contributed by atoms with Crippen LogP contribution in [-0.2, 0) is 6.54 Å². The third kappa shape index (κ3) is 2.88. The van der Waals surface area contributed by atoms with Gasteiger partial charge in [-0.15, -0.1) is 0 Å². The second kappa shape index (κ2) is 5.97. The number of ether oxygens (including phenoxy) is 1. The molecule has 1 aromatic heterocycles. The molecule has 0 aliphatic carbocycles. The first-order valence-electron chi connectivity index (χ1n) is 6.88. The van der Waals surface area contributed by atoms with Crippen molar-refractivity contribution in [3.8, 4) is 5.75 Å². The van der Waals surface area contributed by atoms with Crippen LogP contribution >= 0.6 is 15.9 Å². The molecule has 20 heavy (non-hydrogen) atoms. The van der Waals surface area contributed by atoms with Gasteiger partial charge in [0.2, 0.25) is 0 Å². The highest BCUT2D eigenvalue weighted by Gasteiger charge is 2.19. The normalized spacial score (nSPS) is 18.2. The number of halogens is 1. The van der Waals surface area contributed by atoms with Crippen molar-refractivity contribution < 1.29 is 4.74 Å². The van der Waals surface area contributed by atoms with Crippen molar-refractivity contribution in [3.05, 3.63) is 45.7 Å². The van der Waals surface area contributed by atoms with Crippen LogP contribution in [0.15, 0.2) is 28.9 Å². The van der Waals surface area contributed by atoms with Crippen molar-refractivity contribution in [3.63, 3.8) is 0 Å². The Kier molecular flexibility index (Phi) is 4.08. The van der Waals surface area contributed by atoms with E-state index in [1.807, 2.05) is 13.1 Å². The van der Waals surface area contributed by atoms with Crippen LogP contribution in [0.25, 0.3) is 0 Å². The van der Waals surface area contributed by atoms with Gasteiger partial charge in [-0.3, -0.25) is 5.10 Å². The van der Waals surface area contributed by atoms with Gasteiger partial charge in [-0.25, -0.2) is 0 Å². The van der Waals surface area contributed by atoms with Crippen LogP contribution in [0.5, 0.6) is 5.75 Å². The lowest BCUT2D eigenvalue weighted by molar-refractivity contribution is 0.315. The molecule has 0 saturated heterocycles. The number of aromatic nitrogens is 2. The molecule has 1 unspecified atom stereocenters. The molecule has 0 saturated carbocycles. The summed E-state index contributed by atoms with van der Waals surface area (Å²) in [5, 5.41) is 10.7. The molecule has 0 spiro atoms.